The highest BCUT2D eigenvalue weighted by Gasteiger charge is 2.34. The molecule has 94 valence electrons. The van der Waals surface area contributed by atoms with Crippen LogP contribution in [0.3, 0.4) is 0 Å². The third kappa shape index (κ3) is 2.76. The van der Waals surface area contributed by atoms with Crippen LogP contribution in [0, 0.1) is 11.8 Å². The SMILES string of the molecule is CC[C@H](C)[C@H](N)C(=O)N1CCCC1C(C)C. The molecule has 1 aliphatic heterocycles. The Bertz CT molecular complexity index is 240. The highest BCUT2D eigenvalue weighted by Crippen LogP contribution is 2.25. The lowest BCUT2D eigenvalue weighted by molar-refractivity contribution is -0.135. The summed E-state index contributed by atoms with van der Waals surface area (Å²) in [7, 11) is 0. The fourth-order valence-corrected chi connectivity index (χ4v) is 2.45. The molecule has 1 saturated heterocycles. The van der Waals surface area contributed by atoms with E-state index in [1.165, 1.54) is 0 Å². The smallest absolute Gasteiger partial charge is 0.240 e. The van der Waals surface area contributed by atoms with Gasteiger partial charge in [0.15, 0.2) is 0 Å². The minimum atomic E-state index is -0.315. The van der Waals surface area contributed by atoms with E-state index >= 15 is 0 Å². The zero-order valence-corrected chi connectivity index (χ0v) is 11.1. The molecule has 0 aromatic carbocycles. The lowest BCUT2D eigenvalue weighted by Gasteiger charge is -2.31. The Morgan fingerprint density at radius 2 is 2.06 bits per heavy atom. The van der Waals surface area contributed by atoms with Gasteiger partial charge in [0.25, 0.3) is 0 Å². The second-order valence-corrected chi connectivity index (χ2v) is 5.40. The lowest BCUT2D eigenvalue weighted by atomic mass is 9.97. The van der Waals surface area contributed by atoms with Crippen LogP contribution in [0.5, 0.6) is 0 Å². The van der Waals surface area contributed by atoms with Crippen molar-refractivity contribution in [3.05, 3.63) is 0 Å². The fraction of sp³-hybridized carbons (Fsp3) is 0.923. The van der Waals surface area contributed by atoms with E-state index in [2.05, 4.69) is 27.7 Å². The first-order chi connectivity index (χ1) is 7.49. The first kappa shape index (κ1) is 13.5. The van der Waals surface area contributed by atoms with Crippen LogP contribution >= 0.6 is 0 Å². The van der Waals surface area contributed by atoms with Gasteiger partial charge in [-0.15, -0.1) is 0 Å². The molecule has 1 heterocycles. The molecule has 3 atom stereocenters. The van der Waals surface area contributed by atoms with E-state index in [0.717, 1.165) is 25.8 Å². The van der Waals surface area contributed by atoms with Crippen LogP contribution in [0.15, 0.2) is 0 Å². The van der Waals surface area contributed by atoms with Crippen molar-refractivity contribution in [1.29, 1.82) is 0 Å². The van der Waals surface area contributed by atoms with Crippen molar-refractivity contribution in [2.45, 2.75) is 59.0 Å². The molecule has 0 saturated carbocycles. The van der Waals surface area contributed by atoms with Gasteiger partial charge in [-0.2, -0.15) is 0 Å². The van der Waals surface area contributed by atoms with Gasteiger partial charge in [0.1, 0.15) is 0 Å². The number of hydrogen-bond acceptors (Lipinski definition) is 2. The maximum absolute atomic E-state index is 12.3. The van der Waals surface area contributed by atoms with Gasteiger partial charge in [-0.25, -0.2) is 0 Å². The van der Waals surface area contributed by atoms with Crippen molar-refractivity contribution in [3.8, 4) is 0 Å². The minimum Gasteiger partial charge on any atom is -0.338 e. The normalized spacial score (nSPS) is 24.9. The summed E-state index contributed by atoms with van der Waals surface area (Å²) in [5, 5.41) is 0. The lowest BCUT2D eigenvalue weighted by Crippen LogP contribution is -2.49. The number of likely N-dealkylation sites (tertiary alicyclic amines) is 1. The topological polar surface area (TPSA) is 46.3 Å². The molecule has 3 heteroatoms. The van der Waals surface area contributed by atoms with E-state index in [0.29, 0.717) is 12.0 Å². The standard InChI is InChI=1S/C13H26N2O/c1-5-10(4)12(14)13(16)15-8-6-7-11(15)9(2)3/h9-12H,5-8,14H2,1-4H3/t10-,11?,12-/m0/s1. The number of carbonyl (C=O) groups is 1. The molecule has 0 aromatic heterocycles. The van der Waals surface area contributed by atoms with Gasteiger partial charge in [-0.3, -0.25) is 4.79 Å². The Morgan fingerprint density at radius 3 is 2.56 bits per heavy atom. The molecule has 0 aromatic rings. The fourth-order valence-electron chi connectivity index (χ4n) is 2.45. The van der Waals surface area contributed by atoms with Gasteiger partial charge in [0.2, 0.25) is 5.91 Å². The Balaban J connectivity index is 2.65. The number of rotatable bonds is 4. The van der Waals surface area contributed by atoms with Crippen LogP contribution in [-0.2, 0) is 4.79 Å². The molecule has 0 radical (unpaired) electrons. The average Bonchev–Trinajstić information content (AvgIpc) is 2.74. The molecular weight excluding hydrogens is 200 g/mol. The Labute approximate surface area is 99.4 Å². The Kier molecular flexibility index (Phi) is 4.78. The predicted octanol–water partition coefficient (Wildman–Crippen LogP) is 2.01. The summed E-state index contributed by atoms with van der Waals surface area (Å²) < 4.78 is 0. The Morgan fingerprint density at radius 1 is 1.44 bits per heavy atom. The third-order valence-electron chi connectivity index (χ3n) is 3.89. The predicted molar refractivity (Wildman–Crippen MR) is 67.0 cm³/mol. The molecule has 0 bridgehead atoms. The molecule has 3 nitrogen and oxygen atoms in total. The van der Waals surface area contributed by atoms with Crippen molar-refractivity contribution < 1.29 is 4.79 Å². The largest absolute Gasteiger partial charge is 0.338 e. The summed E-state index contributed by atoms with van der Waals surface area (Å²) in [6.45, 7) is 9.41. The first-order valence-electron chi connectivity index (χ1n) is 6.55. The van der Waals surface area contributed by atoms with Crippen LogP contribution < -0.4 is 5.73 Å². The van der Waals surface area contributed by atoms with Crippen LogP contribution in [0.1, 0.15) is 47.0 Å². The van der Waals surface area contributed by atoms with E-state index in [1.54, 1.807) is 0 Å². The van der Waals surface area contributed by atoms with Gasteiger partial charge in [-0.1, -0.05) is 34.1 Å². The molecule has 0 aliphatic carbocycles. The first-order valence-corrected chi connectivity index (χ1v) is 6.55. The van der Waals surface area contributed by atoms with E-state index in [4.69, 9.17) is 5.73 Å². The number of carbonyl (C=O) groups excluding carboxylic acids is 1. The zero-order valence-electron chi connectivity index (χ0n) is 11.1. The van der Waals surface area contributed by atoms with Crippen molar-refractivity contribution in [2.75, 3.05) is 6.54 Å². The maximum atomic E-state index is 12.3. The monoisotopic (exact) mass is 226 g/mol. The molecule has 16 heavy (non-hydrogen) atoms. The summed E-state index contributed by atoms with van der Waals surface area (Å²) >= 11 is 0. The second-order valence-electron chi connectivity index (χ2n) is 5.40. The van der Waals surface area contributed by atoms with Crippen molar-refractivity contribution in [2.24, 2.45) is 17.6 Å². The molecule has 1 amide bonds. The highest BCUT2D eigenvalue weighted by molar-refractivity contribution is 5.82. The summed E-state index contributed by atoms with van der Waals surface area (Å²) in [4.78, 5) is 14.3. The quantitative estimate of drug-likeness (QED) is 0.797. The van der Waals surface area contributed by atoms with Crippen LogP contribution in [0.4, 0.5) is 0 Å². The van der Waals surface area contributed by atoms with Crippen molar-refractivity contribution in [3.63, 3.8) is 0 Å². The van der Waals surface area contributed by atoms with Gasteiger partial charge >= 0.3 is 0 Å². The second kappa shape index (κ2) is 5.67. The third-order valence-corrected chi connectivity index (χ3v) is 3.89. The van der Waals surface area contributed by atoms with Gasteiger partial charge < -0.3 is 10.6 Å². The average molecular weight is 226 g/mol. The minimum absolute atomic E-state index is 0.158. The molecule has 1 rings (SSSR count). The van der Waals surface area contributed by atoms with Crippen molar-refractivity contribution in [1.82, 2.24) is 4.90 Å². The molecule has 1 aliphatic rings. The van der Waals surface area contributed by atoms with Crippen molar-refractivity contribution >= 4 is 5.91 Å². The van der Waals surface area contributed by atoms with Gasteiger partial charge in [0.05, 0.1) is 6.04 Å². The molecule has 1 unspecified atom stereocenters. The highest BCUT2D eigenvalue weighted by atomic mass is 16.2. The molecular formula is C13H26N2O. The van der Waals surface area contributed by atoms with Gasteiger partial charge in [-0.05, 0) is 24.7 Å². The zero-order chi connectivity index (χ0) is 12.3. The van der Waals surface area contributed by atoms with E-state index in [-0.39, 0.29) is 17.9 Å². The number of hydrogen-bond donors (Lipinski definition) is 1. The number of amides is 1. The Hall–Kier alpha value is -0.570. The number of nitrogens with two attached hydrogens (primary N) is 1. The molecule has 1 fully saturated rings. The van der Waals surface area contributed by atoms with E-state index < -0.39 is 0 Å². The van der Waals surface area contributed by atoms with Crippen LogP contribution in [-0.4, -0.2) is 29.4 Å². The maximum Gasteiger partial charge on any atom is 0.240 e. The molecule has 2 N–H and O–H groups in total. The summed E-state index contributed by atoms with van der Waals surface area (Å²) in [5.74, 6) is 0.974. The van der Waals surface area contributed by atoms with E-state index in [9.17, 15) is 4.79 Å². The summed E-state index contributed by atoms with van der Waals surface area (Å²) in [6, 6.07) is 0.0898. The molecule has 0 spiro atoms. The summed E-state index contributed by atoms with van der Waals surface area (Å²) in [6.07, 6.45) is 3.23. The summed E-state index contributed by atoms with van der Waals surface area (Å²) in [5.41, 5.74) is 6.02. The number of nitrogens with zero attached hydrogens (tertiary/aromatic N) is 1. The van der Waals surface area contributed by atoms with Crippen LogP contribution in [0.25, 0.3) is 0 Å². The van der Waals surface area contributed by atoms with Gasteiger partial charge in [0, 0.05) is 12.6 Å². The van der Waals surface area contributed by atoms with Crippen LogP contribution in [0.2, 0.25) is 0 Å². The van der Waals surface area contributed by atoms with E-state index in [1.807, 2.05) is 4.90 Å².